The third-order valence-electron chi connectivity index (χ3n) is 4.57. The first-order valence-electron chi connectivity index (χ1n) is 8.53. The number of benzene rings is 2. The number of phenols is 1. The normalized spacial score (nSPS) is 17.1. The Labute approximate surface area is 157 Å². The second-order valence-corrected chi connectivity index (χ2v) is 8.61. The van der Waals surface area contributed by atoms with E-state index >= 15 is 0 Å². The number of hydrogen-bond donors (Lipinski definition) is 2. The lowest BCUT2D eigenvalue weighted by Gasteiger charge is -2.17. The Morgan fingerprint density at radius 2 is 1.78 bits per heavy atom. The average molecular weight is 391 g/mol. The summed E-state index contributed by atoms with van der Waals surface area (Å²) in [7, 11) is -3.57. The minimum Gasteiger partial charge on any atom is -0.508 e. The number of aromatic hydroxyl groups is 1. The lowest BCUT2D eigenvalue weighted by atomic mass is 10.2. The molecule has 1 amide bonds. The van der Waals surface area contributed by atoms with Gasteiger partial charge < -0.3 is 19.8 Å². The Hall–Kier alpha value is -2.58. The maximum Gasteiger partial charge on any atom is 0.260 e. The minimum atomic E-state index is -3.57. The van der Waals surface area contributed by atoms with Gasteiger partial charge in [-0.15, -0.1) is 0 Å². The van der Waals surface area contributed by atoms with Gasteiger partial charge in [-0.1, -0.05) is 12.1 Å². The maximum absolute atomic E-state index is 12.7. The zero-order valence-electron chi connectivity index (χ0n) is 14.6. The van der Waals surface area contributed by atoms with Crippen molar-refractivity contribution in [3.05, 3.63) is 54.1 Å². The van der Waals surface area contributed by atoms with E-state index in [-0.39, 0.29) is 36.3 Å². The van der Waals surface area contributed by atoms with E-state index in [0.717, 1.165) is 5.56 Å². The fourth-order valence-corrected chi connectivity index (χ4v) is 4.66. The molecule has 0 bridgehead atoms. The summed E-state index contributed by atoms with van der Waals surface area (Å²) in [6.45, 7) is 0.233. The molecule has 0 saturated carbocycles. The van der Waals surface area contributed by atoms with Crippen LogP contribution in [0.15, 0.2) is 53.4 Å². The molecule has 1 saturated heterocycles. The van der Waals surface area contributed by atoms with E-state index in [4.69, 9.17) is 9.84 Å². The molecule has 8 heteroatoms. The van der Waals surface area contributed by atoms with Gasteiger partial charge in [0.1, 0.15) is 11.5 Å². The number of carbonyl (C=O) groups excluding carboxylic acids is 1. The standard InChI is InChI=1S/C19H21NO6S/c21-12-14-1-5-16(6-2-14)26-13-19(23)20-10-9-18(11-20)27(24,25)17-7-3-15(22)4-8-17/h1-8,18,21-22H,9-13H2. The second kappa shape index (κ2) is 7.98. The summed E-state index contributed by atoms with van der Waals surface area (Å²) >= 11 is 0. The van der Waals surface area contributed by atoms with E-state index in [0.29, 0.717) is 18.7 Å². The highest BCUT2D eigenvalue weighted by Crippen LogP contribution is 2.25. The molecule has 144 valence electrons. The molecule has 2 N–H and O–H groups in total. The SMILES string of the molecule is O=C(COc1ccc(CO)cc1)N1CCC(S(=O)(=O)c2ccc(O)cc2)C1. The fraction of sp³-hybridized carbons (Fsp3) is 0.316. The number of carbonyl (C=O) groups is 1. The van der Waals surface area contributed by atoms with Gasteiger partial charge in [0.05, 0.1) is 16.8 Å². The quantitative estimate of drug-likeness (QED) is 0.770. The van der Waals surface area contributed by atoms with Gasteiger partial charge in [-0.2, -0.15) is 0 Å². The van der Waals surface area contributed by atoms with Crippen LogP contribution >= 0.6 is 0 Å². The summed E-state index contributed by atoms with van der Waals surface area (Å²) in [5, 5.41) is 17.7. The Morgan fingerprint density at radius 1 is 1.11 bits per heavy atom. The molecule has 0 aromatic heterocycles. The first-order valence-corrected chi connectivity index (χ1v) is 10.1. The summed E-state index contributed by atoms with van der Waals surface area (Å²) in [5.41, 5.74) is 0.746. The molecule has 0 radical (unpaired) electrons. The van der Waals surface area contributed by atoms with Crippen LogP contribution < -0.4 is 4.74 Å². The first kappa shape index (κ1) is 19.2. The van der Waals surface area contributed by atoms with E-state index in [1.165, 1.54) is 29.2 Å². The molecular formula is C19H21NO6S. The molecule has 2 aromatic rings. The summed E-state index contributed by atoms with van der Waals surface area (Å²) in [4.78, 5) is 14.0. The molecule has 3 rings (SSSR count). The number of sulfone groups is 1. The molecule has 1 aliphatic heterocycles. The number of ether oxygens (including phenoxy) is 1. The van der Waals surface area contributed by atoms with Crippen molar-refractivity contribution < 1.29 is 28.2 Å². The van der Waals surface area contributed by atoms with Gasteiger partial charge in [-0.25, -0.2) is 8.42 Å². The van der Waals surface area contributed by atoms with Gasteiger partial charge in [0.2, 0.25) is 0 Å². The van der Waals surface area contributed by atoms with Gasteiger partial charge in [0.25, 0.3) is 5.91 Å². The van der Waals surface area contributed by atoms with Crippen LogP contribution in [0.4, 0.5) is 0 Å². The van der Waals surface area contributed by atoms with Crippen LogP contribution in [0.1, 0.15) is 12.0 Å². The van der Waals surface area contributed by atoms with Gasteiger partial charge >= 0.3 is 0 Å². The lowest BCUT2D eigenvalue weighted by molar-refractivity contribution is -0.132. The molecular weight excluding hydrogens is 370 g/mol. The third kappa shape index (κ3) is 4.40. The van der Waals surface area contributed by atoms with Gasteiger partial charge in [-0.05, 0) is 48.4 Å². The summed E-state index contributed by atoms with van der Waals surface area (Å²) in [6.07, 6.45) is 0.361. The van der Waals surface area contributed by atoms with Gasteiger partial charge in [0.15, 0.2) is 16.4 Å². The van der Waals surface area contributed by atoms with Crippen LogP contribution in [0.3, 0.4) is 0 Å². The van der Waals surface area contributed by atoms with Crippen molar-refractivity contribution in [3.63, 3.8) is 0 Å². The summed E-state index contributed by atoms with van der Waals surface area (Å²) in [6, 6.07) is 12.2. The van der Waals surface area contributed by atoms with Crippen molar-refractivity contribution in [2.75, 3.05) is 19.7 Å². The number of hydrogen-bond acceptors (Lipinski definition) is 6. The molecule has 1 unspecified atom stereocenters. The number of phenolic OH excluding ortho intramolecular Hbond substituents is 1. The maximum atomic E-state index is 12.7. The predicted octanol–water partition coefficient (Wildman–Crippen LogP) is 1.34. The number of amides is 1. The van der Waals surface area contributed by atoms with Crippen LogP contribution in [0.25, 0.3) is 0 Å². The van der Waals surface area contributed by atoms with Gasteiger partial charge in [0, 0.05) is 13.1 Å². The number of nitrogens with zero attached hydrogens (tertiary/aromatic N) is 1. The molecule has 1 aliphatic rings. The molecule has 1 heterocycles. The highest BCUT2D eigenvalue weighted by Gasteiger charge is 2.36. The molecule has 7 nitrogen and oxygen atoms in total. The third-order valence-corrected chi connectivity index (χ3v) is 6.76. The van der Waals surface area contributed by atoms with Crippen molar-refractivity contribution in [3.8, 4) is 11.5 Å². The van der Waals surface area contributed by atoms with Crippen molar-refractivity contribution in [2.24, 2.45) is 0 Å². The zero-order valence-corrected chi connectivity index (χ0v) is 15.4. The second-order valence-electron chi connectivity index (χ2n) is 6.38. The van der Waals surface area contributed by atoms with Gasteiger partial charge in [-0.3, -0.25) is 4.79 Å². The Bertz CT molecular complexity index is 893. The molecule has 0 aliphatic carbocycles. The van der Waals surface area contributed by atoms with E-state index in [2.05, 4.69) is 0 Å². The number of aliphatic hydroxyl groups is 1. The number of likely N-dealkylation sites (tertiary alicyclic amines) is 1. The molecule has 1 atom stereocenters. The van der Waals surface area contributed by atoms with E-state index < -0.39 is 15.1 Å². The molecule has 0 spiro atoms. The highest BCUT2D eigenvalue weighted by molar-refractivity contribution is 7.92. The molecule has 27 heavy (non-hydrogen) atoms. The molecule has 2 aromatic carbocycles. The van der Waals surface area contributed by atoms with Crippen LogP contribution in [0, 0.1) is 0 Å². The fourth-order valence-electron chi connectivity index (χ4n) is 2.96. The Balaban J connectivity index is 1.58. The summed E-state index contributed by atoms with van der Waals surface area (Å²) < 4.78 is 30.8. The van der Waals surface area contributed by atoms with E-state index in [9.17, 15) is 18.3 Å². The predicted molar refractivity (Wildman–Crippen MR) is 98.1 cm³/mol. The van der Waals surface area contributed by atoms with Crippen molar-refractivity contribution in [1.29, 1.82) is 0 Å². The smallest absolute Gasteiger partial charge is 0.260 e. The number of rotatable bonds is 6. The Kier molecular flexibility index (Phi) is 5.67. The largest absolute Gasteiger partial charge is 0.508 e. The van der Waals surface area contributed by atoms with Crippen molar-refractivity contribution >= 4 is 15.7 Å². The highest BCUT2D eigenvalue weighted by atomic mass is 32.2. The van der Waals surface area contributed by atoms with E-state index in [1.807, 2.05) is 0 Å². The Morgan fingerprint density at radius 3 is 2.41 bits per heavy atom. The van der Waals surface area contributed by atoms with Crippen molar-refractivity contribution in [1.82, 2.24) is 4.90 Å². The van der Waals surface area contributed by atoms with Crippen LogP contribution in [0.2, 0.25) is 0 Å². The van der Waals surface area contributed by atoms with Crippen LogP contribution in [-0.2, 0) is 21.2 Å². The van der Waals surface area contributed by atoms with Crippen molar-refractivity contribution in [2.45, 2.75) is 23.2 Å². The topological polar surface area (TPSA) is 104 Å². The van der Waals surface area contributed by atoms with E-state index in [1.54, 1.807) is 24.3 Å². The molecule has 1 fully saturated rings. The average Bonchev–Trinajstić information content (AvgIpc) is 3.18. The summed E-state index contributed by atoms with van der Waals surface area (Å²) in [5.74, 6) is 0.235. The zero-order chi connectivity index (χ0) is 19.4. The lowest BCUT2D eigenvalue weighted by Crippen LogP contribution is -2.35. The minimum absolute atomic E-state index is 0.00125. The monoisotopic (exact) mass is 391 g/mol. The number of aliphatic hydroxyl groups excluding tert-OH is 1. The van der Waals surface area contributed by atoms with Crippen LogP contribution in [0.5, 0.6) is 11.5 Å². The van der Waals surface area contributed by atoms with Crippen LogP contribution in [-0.4, -0.2) is 54.4 Å². The first-order chi connectivity index (χ1) is 12.9.